The van der Waals surface area contributed by atoms with Crippen molar-refractivity contribution in [1.82, 2.24) is 15.3 Å². The van der Waals surface area contributed by atoms with Crippen LogP contribution in [-0.2, 0) is 19.5 Å². The predicted molar refractivity (Wildman–Crippen MR) is 91.6 cm³/mol. The van der Waals surface area contributed by atoms with Crippen molar-refractivity contribution in [1.29, 1.82) is 0 Å². The van der Waals surface area contributed by atoms with Crippen molar-refractivity contribution >= 4 is 38.8 Å². The molecule has 6 heteroatoms. The summed E-state index contributed by atoms with van der Waals surface area (Å²) < 4.78 is 1.22. The fraction of sp³-hybridized carbons (Fsp3) is 0.250. The first-order chi connectivity index (χ1) is 10.8. The van der Waals surface area contributed by atoms with E-state index < -0.39 is 0 Å². The summed E-state index contributed by atoms with van der Waals surface area (Å²) in [5.74, 6) is 0.931. The minimum Gasteiger partial charge on any atom is -0.365 e. The van der Waals surface area contributed by atoms with Crippen LogP contribution in [0.2, 0.25) is 5.02 Å². The van der Waals surface area contributed by atoms with E-state index in [1.54, 1.807) is 17.7 Å². The highest BCUT2D eigenvalue weighted by Crippen LogP contribution is 2.35. The second kappa shape index (κ2) is 5.83. The van der Waals surface area contributed by atoms with Crippen LogP contribution >= 0.6 is 22.9 Å². The third kappa shape index (κ3) is 2.45. The van der Waals surface area contributed by atoms with Crippen LogP contribution in [0.4, 0.5) is 5.82 Å². The van der Waals surface area contributed by atoms with Crippen molar-refractivity contribution in [3.8, 4) is 0 Å². The molecular formula is C16H15ClN4S. The van der Waals surface area contributed by atoms with Gasteiger partial charge in [0.15, 0.2) is 0 Å². The molecule has 0 saturated carbocycles. The van der Waals surface area contributed by atoms with Crippen LogP contribution in [0.5, 0.6) is 0 Å². The van der Waals surface area contributed by atoms with E-state index in [1.165, 1.54) is 10.3 Å². The van der Waals surface area contributed by atoms with E-state index in [9.17, 15) is 0 Å². The minimum atomic E-state index is 0.690. The average molecular weight is 331 g/mol. The summed E-state index contributed by atoms with van der Waals surface area (Å²) in [4.78, 5) is 9.90. The molecule has 1 aliphatic heterocycles. The van der Waals surface area contributed by atoms with Crippen LogP contribution in [0.1, 0.15) is 16.1 Å². The summed E-state index contributed by atoms with van der Waals surface area (Å²) in [6.45, 7) is 2.48. The molecule has 0 radical (unpaired) electrons. The van der Waals surface area contributed by atoms with Gasteiger partial charge in [0, 0.05) is 27.1 Å². The van der Waals surface area contributed by atoms with Gasteiger partial charge in [-0.05, 0) is 19.0 Å². The van der Waals surface area contributed by atoms with Crippen LogP contribution in [0.3, 0.4) is 0 Å². The van der Waals surface area contributed by atoms with E-state index in [0.29, 0.717) is 6.54 Å². The van der Waals surface area contributed by atoms with Gasteiger partial charge in [-0.15, -0.1) is 11.3 Å². The van der Waals surface area contributed by atoms with Crippen molar-refractivity contribution in [2.75, 3.05) is 11.9 Å². The molecule has 0 amide bonds. The monoisotopic (exact) mass is 330 g/mol. The van der Waals surface area contributed by atoms with E-state index in [1.807, 2.05) is 12.1 Å². The second-order valence-corrected chi connectivity index (χ2v) is 6.78. The quantitative estimate of drug-likeness (QED) is 0.770. The van der Waals surface area contributed by atoms with Gasteiger partial charge in [-0.3, -0.25) is 0 Å². The standard InChI is InChI=1S/C16H15ClN4S/c17-15-11-3-1-2-4-13(11)22-14(15)8-19-16-10-5-6-18-7-12(10)20-9-21-16/h1-4,9,18H,5-8H2,(H,19,20,21). The van der Waals surface area contributed by atoms with Crippen LogP contribution in [0.25, 0.3) is 10.1 Å². The van der Waals surface area contributed by atoms with Gasteiger partial charge < -0.3 is 10.6 Å². The molecule has 3 heterocycles. The summed E-state index contributed by atoms with van der Waals surface area (Å²) in [6, 6.07) is 8.23. The number of aromatic nitrogens is 2. The zero-order valence-electron chi connectivity index (χ0n) is 11.9. The normalized spacial score (nSPS) is 14.0. The zero-order chi connectivity index (χ0) is 14.9. The van der Waals surface area contributed by atoms with Gasteiger partial charge in [0.1, 0.15) is 12.1 Å². The molecule has 3 aromatic rings. The smallest absolute Gasteiger partial charge is 0.133 e. The Labute approximate surface area is 137 Å². The predicted octanol–water partition coefficient (Wildman–Crippen LogP) is 3.60. The molecule has 22 heavy (non-hydrogen) atoms. The van der Waals surface area contributed by atoms with Crippen molar-refractivity contribution in [2.24, 2.45) is 0 Å². The van der Waals surface area contributed by atoms with E-state index in [0.717, 1.165) is 46.3 Å². The van der Waals surface area contributed by atoms with Gasteiger partial charge in [-0.2, -0.15) is 0 Å². The molecule has 0 saturated heterocycles. The molecular weight excluding hydrogens is 316 g/mol. The number of hydrogen-bond acceptors (Lipinski definition) is 5. The van der Waals surface area contributed by atoms with E-state index in [2.05, 4.69) is 32.7 Å². The van der Waals surface area contributed by atoms with Gasteiger partial charge in [0.05, 0.1) is 17.3 Å². The fourth-order valence-electron chi connectivity index (χ4n) is 2.78. The summed E-state index contributed by atoms with van der Waals surface area (Å²) >= 11 is 8.22. The van der Waals surface area contributed by atoms with Crippen molar-refractivity contribution < 1.29 is 0 Å². The minimum absolute atomic E-state index is 0.690. The number of halogens is 1. The Bertz CT molecular complexity index is 830. The van der Waals surface area contributed by atoms with Gasteiger partial charge in [0.2, 0.25) is 0 Å². The first-order valence-electron chi connectivity index (χ1n) is 7.26. The van der Waals surface area contributed by atoms with Crippen molar-refractivity contribution in [2.45, 2.75) is 19.5 Å². The lowest BCUT2D eigenvalue weighted by Crippen LogP contribution is -2.26. The lowest BCUT2D eigenvalue weighted by Gasteiger charge is -2.18. The number of fused-ring (bicyclic) bond motifs is 2. The Morgan fingerprint density at radius 3 is 3.09 bits per heavy atom. The number of benzene rings is 1. The maximum Gasteiger partial charge on any atom is 0.133 e. The molecule has 0 unspecified atom stereocenters. The average Bonchev–Trinajstić information content (AvgIpc) is 2.89. The third-order valence-electron chi connectivity index (χ3n) is 3.90. The maximum atomic E-state index is 6.49. The SMILES string of the molecule is Clc1c(CNc2ncnc3c2CCNC3)sc2ccccc12. The number of hydrogen-bond donors (Lipinski definition) is 2. The summed E-state index contributed by atoms with van der Waals surface area (Å²) in [7, 11) is 0. The topological polar surface area (TPSA) is 49.8 Å². The molecule has 2 N–H and O–H groups in total. The molecule has 2 aromatic heterocycles. The number of anilines is 1. The highest BCUT2D eigenvalue weighted by atomic mass is 35.5. The van der Waals surface area contributed by atoms with E-state index in [4.69, 9.17) is 11.6 Å². The third-order valence-corrected chi connectivity index (χ3v) is 5.61. The molecule has 4 nitrogen and oxygen atoms in total. The van der Waals surface area contributed by atoms with Gasteiger partial charge in [-0.1, -0.05) is 29.8 Å². The molecule has 1 aromatic carbocycles. The van der Waals surface area contributed by atoms with Crippen LogP contribution in [-0.4, -0.2) is 16.5 Å². The summed E-state index contributed by atoms with van der Waals surface area (Å²) in [5.41, 5.74) is 2.31. The zero-order valence-corrected chi connectivity index (χ0v) is 13.5. The number of nitrogens with one attached hydrogen (secondary N) is 2. The highest BCUT2D eigenvalue weighted by Gasteiger charge is 2.16. The Hall–Kier alpha value is -1.69. The van der Waals surface area contributed by atoms with Crippen molar-refractivity contribution in [3.05, 3.63) is 51.7 Å². The Kier molecular flexibility index (Phi) is 3.70. The molecule has 0 spiro atoms. The fourth-order valence-corrected chi connectivity index (χ4v) is 4.22. The number of rotatable bonds is 3. The second-order valence-electron chi connectivity index (χ2n) is 5.26. The first-order valence-corrected chi connectivity index (χ1v) is 8.45. The number of thiophene rings is 1. The molecule has 0 bridgehead atoms. The largest absolute Gasteiger partial charge is 0.365 e. The highest BCUT2D eigenvalue weighted by molar-refractivity contribution is 7.19. The lowest BCUT2D eigenvalue weighted by atomic mass is 10.1. The molecule has 0 atom stereocenters. The van der Waals surface area contributed by atoms with Gasteiger partial charge >= 0.3 is 0 Å². The first kappa shape index (κ1) is 13.9. The van der Waals surface area contributed by atoms with Crippen molar-refractivity contribution in [3.63, 3.8) is 0 Å². The van der Waals surface area contributed by atoms with Crippen LogP contribution in [0.15, 0.2) is 30.6 Å². The Morgan fingerprint density at radius 1 is 1.27 bits per heavy atom. The van der Waals surface area contributed by atoms with E-state index in [-0.39, 0.29) is 0 Å². The Balaban J connectivity index is 1.61. The lowest BCUT2D eigenvalue weighted by molar-refractivity contribution is 0.624. The molecule has 112 valence electrons. The summed E-state index contributed by atoms with van der Waals surface area (Å²) in [5, 5.41) is 8.74. The van der Waals surface area contributed by atoms with Gasteiger partial charge in [-0.25, -0.2) is 9.97 Å². The Morgan fingerprint density at radius 2 is 2.18 bits per heavy atom. The van der Waals surface area contributed by atoms with Crippen LogP contribution in [0, 0.1) is 0 Å². The van der Waals surface area contributed by atoms with E-state index >= 15 is 0 Å². The van der Waals surface area contributed by atoms with Crippen LogP contribution < -0.4 is 10.6 Å². The summed E-state index contributed by atoms with van der Waals surface area (Å²) in [6.07, 6.45) is 2.58. The molecule has 0 fully saturated rings. The van der Waals surface area contributed by atoms with Gasteiger partial charge in [0.25, 0.3) is 0 Å². The molecule has 0 aliphatic carbocycles. The number of nitrogens with zero attached hydrogens (tertiary/aromatic N) is 2. The molecule has 1 aliphatic rings. The maximum absolute atomic E-state index is 6.49. The molecule has 4 rings (SSSR count).